The molecular formula is C21H30N4O2. The lowest BCUT2D eigenvalue weighted by Crippen LogP contribution is -2.40. The molecule has 1 aliphatic heterocycles. The number of nitrogens with one attached hydrogen (secondary N) is 1. The van der Waals surface area contributed by atoms with E-state index in [2.05, 4.69) is 22.2 Å². The third kappa shape index (κ3) is 4.50. The number of ether oxygens (including phenoxy) is 1. The summed E-state index contributed by atoms with van der Waals surface area (Å²) in [4.78, 5) is 11.6. The Morgan fingerprint density at radius 1 is 1.19 bits per heavy atom. The lowest BCUT2D eigenvalue weighted by atomic mass is 9.93. The molecule has 6 nitrogen and oxygen atoms in total. The maximum absolute atomic E-state index is 9.68. The minimum absolute atomic E-state index is 0.154. The van der Waals surface area contributed by atoms with Gasteiger partial charge < -0.3 is 20.1 Å². The number of likely N-dealkylation sites (N-methyl/N-ethyl adjacent to an activating group) is 1. The first-order chi connectivity index (χ1) is 13.2. The third-order valence-corrected chi connectivity index (χ3v) is 5.96. The topological polar surface area (TPSA) is 70.5 Å². The molecule has 0 amide bonds. The highest BCUT2D eigenvalue weighted by Gasteiger charge is 2.21. The van der Waals surface area contributed by atoms with E-state index >= 15 is 0 Å². The molecule has 1 saturated carbocycles. The molecule has 0 spiro atoms. The molecule has 1 unspecified atom stereocenters. The first-order valence-corrected chi connectivity index (χ1v) is 10.2. The van der Waals surface area contributed by atoms with E-state index in [4.69, 9.17) is 9.72 Å². The number of benzene rings is 1. The van der Waals surface area contributed by atoms with Crippen molar-refractivity contribution in [2.75, 3.05) is 25.5 Å². The number of hydrogen-bond donors (Lipinski definition) is 2. The predicted molar refractivity (Wildman–Crippen MR) is 107 cm³/mol. The molecule has 6 heteroatoms. The van der Waals surface area contributed by atoms with E-state index in [9.17, 15) is 5.11 Å². The Bertz CT molecular complexity index is 761. The van der Waals surface area contributed by atoms with Gasteiger partial charge in [0.05, 0.1) is 6.10 Å². The van der Waals surface area contributed by atoms with Gasteiger partial charge in [0.2, 0.25) is 5.95 Å². The van der Waals surface area contributed by atoms with Crippen LogP contribution in [0, 0.1) is 0 Å². The van der Waals surface area contributed by atoms with E-state index in [-0.39, 0.29) is 6.10 Å². The van der Waals surface area contributed by atoms with Gasteiger partial charge in [-0.15, -0.1) is 0 Å². The van der Waals surface area contributed by atoms with Crippen LogP contribution in [0.2, 0.25) is 0 Å². The van der Waals surface area contributed by atoms with E-state index in [1.807, 2.05) is 24.4 Å². The number of rotatable bonds is 5. The second kappa shape index (κ2) is 8.40. The standard InChI is InChI=1S/C21H30N4O2/c1-25-12-3-2-6-17(25)14-27-19-7-4-5-15-13-22-21(24-20(15)19)23-16-8-10-18(26)11-9-16/h4-5,7,13,16-18,26H,2-3,6,8-12,14H2,1H3,(H,22,23,24)/t16-,17?,18-. The molecule has 4 rings (SSSR count). The molecule has 2 N–H and O–H groups in total. The zero-order chi connectivity index (χ0) is 18.6. The van der Waals surface area contributed by atoms with Crippen LogP contribution in [0.5, 0.6) is 5.75 Å². The maximum Gasteiger partial charge on any atom is 0.223 e. The number of aliphatic hydroxyl groups excluding tert-OH is 1. The van der Waals surface area contributed by atoms with Crippen molar-refractivity contribution in [3.8, 4) is 5.75 Å². The van der Waals surface area contributed by atoms with Crippen molar-refractivity contribution < 1.29 is 9.84 Å². The van der Waals surface area contributed by atoms with Gasteiger partial charge in [-0.1, -0.05) is 18.6 Å². The number of anilines is 1. The highest BCUT2D eigenvalue weighted by molar-refractivity contribution is 5.84. The second-order valence-corrected chi connectivity index (χ2v) is 7.98. The smallest absolute Gasteiger partial charge is 0.223 e. The fourth-order valence-electron chi connectivity index (χ4n) is 4.16. The van der Waals surface area contributed by atoms with Crippen LogP contribution in [0.1, 0.15) is 44.9 Å². The summed E-state index contributed by atoms with van der Waals surface area (Å²) < 4.78 is 6.20. The molecule has 1 aromatic carbocycles. The van der Waals surface area contributed by atoms with E-state index in [0.29, 0.717) is 24.6 Å². The highest BCUT2D eigenvalue weighted by atomic mass is 16.5. The van der Waals surface area contributed by atoms with E-state index in [0.717, 1.165) is 48.9 Å². The van der Waals surface area contributed by atoms with Crippen LogP contribution in [0.25, 0.3) is 10.9 Å². The minimum Gasteiger partial charge on any atom is -0.490 e. The second-order valence-electron chi connectivity index (χ2n) is 7.98. The molecule has 0 bridgehead atoms. The summed E-state index contributed by atoms with van der Waals surface area (Å²) in [5.41, 5.74) is 0.865. The molecule has 146 valence electrons. The van der Waals surface area contributed by atoms with Crippen LogP contribution in [-0.2, 0) is 0 Å². The molecule has 2 aliphatic rings. The molecular weight excluding hydrogens is 340 g/mol. The molecule has 0 radical (unpaired) electrons. The third-order valence-electron chi connectivity index (χ3n) is 5.96. The largest absolute Gasteiger partial charge is 0.490 e. The SMILES string of the molecule is CN1CCCCC1COc1cccc2cnc(N[C@H]3CC[C@H](O)CC3)nc12. The number of para-hydroxylation sites is 1. The monoisotopic (exact) mass is 370 g/mol. The number of aliphatic hydroxyl groups is 1. The summed E-state index contributed by atoms with van der Waals surface area (Å²) in [6, 6.07) is 6.83. The number of nitrogens with zero attached hydrogens (tertiary/aromatic N) is 3. The average Bonchev–Trinajstić information content (AvgIpc) is 2.69. The maximum atomic E-state index is 9.68. The Kier molecular flexibility index (Phi) is 5.74. The van der Waals surface area contributed by atoms with Crippen LogP contribution in [-0.4, -0.2) is 58.4 Å². The zero-order valence-corrected chi connectivity index (χ0v) is 16.1. The Morgan fingerprint density at radius 3 is 2.85 bits per heavy atom. The first kappa shape index (κ1) is 18.4. The number of fused-ring (bicyclic) bond motifs is 1. The summed E-state index contributed by atoms with van der Waals surface area (Å²) in [5.74, 6) is 1.48. The van der Waals surface area contributed by atoms with Crippen LogP contribution < -0.4 is 10.1 Å². The fourth-order valence-corrected chi connectivity index (χ4v) is 4.16. The quantitative estimate of drug-likeness (QED) is 0.842. The lowest BCUT2D eigenvalue weighted by Gasteiger charge is -2.32. The average molecular weight is 370 g/mol. The Morgan fingerprint density at radius 2 is 2.04 bits per heavy atom. The predicted octanol–water partition coefficient (Wildman–Crippen LogP) is 3.21. The van der Waals surface area contributed by atoms with Gasteiger partial charge in [0.1, 0.15) is 17.9 Å². The van der Waals surface area contributed by atoms with Crippen LogP contribution in [0.3, 0.4) is 0 Å². The fraction of sp³-hybridized carbons (Fsp3) is 0.619. The normalized spacial score (nSPS) is 26.8. The molecule has 1 saturated heterocycles. The van der Waals surface area contributed by atoms with Gasteiger partial charge >= 0.3 is 0 Å². The van der Waals surface area contributed by atoms with Crippen molar-refractivity contribution >= 4 is 16.9 Å². The molecule has 1 aromatic heterocycles. The number of likely N-dealkylation sites (tertiary alicyclic amines) is 1. The molecule has 1 atom stereocenters. The Labute approximate surface area is 161 Å². The molecule has 27 heavy (non-hydrogen) atoms. The van der Waals surface area contributed by atoms with Gasteiger partial charge in [0, 0.05) is 23.7 Å². The number of aromatic nitrogens is 2. The summed E-state index contributed by atoms with van der Waals surface area (Å²) in [6.45, 7) is 1.85. The van der Waals surface area contributed by atoms with Crippen molar-refractivity contribution in [3.05, 3.63) is 24.4 Å². The van der Waals surface area contributed by atoms with Crippen molar-refractivity contribution in [2.24, 2.45) is 0 Å². The van der Waals surface area contributed by atoms with Gasteiger partial charge in [-0.3, -0.25) is 0 Å². The lowest BCUT2D eigenvalue weighted by molar-refractivity contribution is 0.125. The van der Waals surface area contributed by atoms with Gasteiger partial charge in [-0.2, -0.15) is 0 Å². The molecule has 1 aliphatic carbocycles. The highest BCUT2D eigenvalue weighted by Crippen LogP contribution is 2.27. The van der Waals surface area contributed by atoms with Crippen LogP contribution in [0.4, 0.5) is 5.95 Å². The van der Waals surface area contributed by atoms with Crippen molar-refractivity contribution in [1.82, 2.24) is 14.9 Å². The molecule has 2 aromatic rings. The number of hydrogen-bond acceptors (Lipinski definition) is 6. The summed E-state index contributed by atoms with van der Waals surface area (Å²) in [5, 5.41) is 14.1. The van der Waals surface area contributed by atoms with Gasteiger partial charge in [0.15, 0.2) is 0 Å². The van der Waals surface area contributed by atoms with Crippen LogP contribution in [0.15, 0.2) is 24.4 Å². The van der Waals surface area contributed by atoms with Crippen molar-refractivity contribution in [1.29, 1.82) is 0 Å². The van der Waals surface area contributed by atoms with Gasteiger partial charge in [-0.25, -0.2) is 9.97 Å². The summed E-state index contributed by atoms with van der Waals surface area (Å²) in [7, 11) is 2.18. The van der Waals surface area contributed by atoms with Crippen molar-refractivity contribution in [3.63, 3.8) is 0 Å². The summed E-state index contributed by atoms with van der Waals surface area (Å²) in [6.07, 6.45) is 9.05. The van der Waals surface area contributed by atoms with E-state index in [1.165, 1.54) is 19.3 Å². The van der Waals surface area contributed by atoms with Crippen LogP contribution >= 0.6 is 0 Å². The first-order valence-electron chi connectivity index (χ1n) is 10.2. The minimum atomic E-state index is -0.154. The summed E-state index contributed by atoms with van der Waals surface area (Å²) >= 11 is 0. The number of piperidine rings is 1. The Balaban J connectivity index is 1.47. The van der Waals surface area contributed by atoms with Gasteiger partial charge in [0.25, 0.3) is 0 Å². The van der Waals surface area contributed by atoms with Gasteiger partial charge in [-0.05, 0) is 58.2 Å². The van der Waals surface area contributed by atoms with E-state index in [1.54, 1.807) is 0 Å². The van der Waals surface area contributed by atoms with E-state index < -0.39 is 0 Å². The van der Waals surface area contributed by atoms with Crippen molar-refractivity contribution in [2.45, 2.75) is 63.1 Å². The zero-order valence-electron chi connectivity index (χ0n) is 16.1. The Hall–Kier alpha value is -1.92. The molecule has 2 heterocycles. The molecule has 2 fully saturated rings.